The van der Waals surface area contributed by atoms with E-state index in [9.17, 15) is 9.59 Å². The van der Waals surface area contributed by atoms with Crippen LogP contribution in [0.5, 0.6) is 11.5 Å². The van der Waals surface area contributed by atoms with Crippen molar-refractivity contribution in [2.24, 2.45) is 5.92 Å². The summed E-state index contributed by atoms with van der Waals surface area (Å²) in [6, 6.07) is 9.77. The first-order valence-electron chi connectivity index (χ1n) is 9.13. The van der Waals surface area contributed by atoms with E-state index in [2.05, 4.69) is 10.6 Å². The van der Waals surface area contributed by atoms with E-state index in [4.69, 9.17) is 21.1 Å². The molecular weight excluding hydrogens is 380 g/mol. The molecule has 148 valence electrons. The molecule has 1 aliphatic heterocycles. The quantitative estimate of drug-likeness (QED) is 0.797. The molecule has 0 aliphatic carbocycles. The van der Waals surface area contributed by atoms with E-state index in [1.165, 1.54) is 0 Å². The predicted octanol–water partition coefficient (Wildman–Crippen LogP) is 3.81. The lowest BCUT2D eigenvalue weighted by atomic mass is 10.0. The molecule has 2 N–H and O–H groups in total. The topological polar surface area (TPSA) is 76.7 Å². The van der Waals surface area contributed by atoms with Gasteiger partial charge >= 0.3 is 0 Å². The first kappa shape index (κ1) is 20.0. The summed E-state index contributed by atoms with van der Waals surface area (Å²) in [4.78, 5) is 25.5. The zero-order valence-corrected chi connectivity index (χ0v) is 16.8. The number of fused-ring (bicyclic) bond motifs is 1. The first-order chi connectivity index (χ1) is 13.4. The Labute approximate surface area is 169 Å². The summed E-state index contributed by atoms with van der Waals surface area (Å²) < 4.78 is 11.0. The number of carbonyl (C=O) groups is 2. The fourth-order valence-corrected chi connectivity index (χ4v) is 3.15. The third-order valence-electron chi connectivity index (χ3n) is 4.52. The third-order valence-corrected chi connectivity index (χ3v) is 4.83. The van der Waals surface area contributed by atoms with Crippen molar-refractivity contribution in [3.8, 4) is 11.5 Å². The summed E-state index contributed by atoms with van der Waals surface area (Å²) >= 11 is 6.27. The van der Waals surface area contributed by atoms with Gasteiger partial charge in [0.25, 0.3) is 5.91 Å². The van der Waals surface area contributed by atoms with Crippen LogP contribution in [-0.2, 0) is 4.79 Å². The summed E-state index contributed by atoms with van der Waals surface area (Å²) in [6.45, 7) is 6.48. The molecule has 1 atom stereocenters. The van der Waals surface area contributed by atoms with Gasteiger partial charge in [-0.15, -0.1) is 0 Å². The van der Waals surface area contributed by atoms with Gasteiger partial charge in [0.05, 0.1) is 10.7 Å². The molecule has 0 bridgehead atoms. The van der Waals surface area contributed by atoms with Crippen molar-refractivity contribution in [2.45, 2.75) is 26.8 Å². The van der Waals surface area contributed by atoms with Gasteiger partial charge in [-0.05, 0) is 24.5 Å². The van der Waals surface area contributed by atoms with Crippen molar-refractivity contribution in [3.63, 3.8) is 0 Å². The maximum atomic E-state index is 12.9. The average Bonchev–Trinajstić information content (AvgIpc) is 2.66. The standard InChI is InChI=1S/C21H23ClN2O4/c1-12(2)19(24-20(25)14-7-5-4-6-13(14)3)21(26)23-16-11-18-17(10-15(16)22)27-8-9-28-18/h4-7,10-12,19H,8-9H2,1-3H3,(H,23,26)(H,24,25)/t19-/m0/s1. The lowest BCUT2D eigenvalue weighted by Gasteiger charge is -2.24. The maximum absolute atomic E-state index is 12.9. The van der Waals surface area contributed by atoms with Crippen molar-refractivity contribution in [2.75, 3.05) is 18.5 Å². The van der Waals surface area contributed by atoms with Crippen LogP contribution in [0, 0.1) is 12.8 Å². The number of nitrogens with one attached hydrogen (secondary N) is 2. The number of aryl methyl sites for hydroxylation is 1. The van der Waals surface area contributed by atoms with Crippen LogP contribution in [0.2, 0.25) is 5.02 Å². The minimum atomic E-state index is -0.726. The highest BCUT2D eigenvalue weighted by Gasteiger charge is 2.26. The van der Waals surface area contributed by atoms with Gasteiger partial charge in [-0.3, -0.25) is 9.59 Å². The minimum absolute atomic E-state index is 0.121. The molecule has 1 heterocycles. The van der Waals surface area contributed by atoms with Gasteiger partial charge in [0.15, 0.2) is 11.5 Å². The van der Waals surface area contributed by atoms with Crippen LogP contribution < -0.4 is 20.1 Å². The van der Waals surface area contributed by atoms with Crippen molar-refractivity contribution < 1.29 is 19.1 Å². The molecule has 7 heteroatoms. The largest absolute Gasteiger partial charge is 0.486 e. The second kappa shape index (κ2) is 8.52. The van der Waals surface area contributed by atoms with Gasteiger partial charge < -0.3 is 20.1 Å². The molecular formula is C21H23ClN2O4. The number of carbonyl (C=O) groups excluding carboxylic acids is 2. The monoisotopic (exact) mass is 402 g/mol. The van der Waals surface area contributed by atoms with Crippen molar-refractivity contribution >= 4 is 29.1 Å². The molecule has 28 heavy (non-hydrogen) atoms. The van der Waals surface area contributed by atoms with Gasteiger partial charge in [0, 0.05) is 17.7 Å². The average molecular weight is 403 g/mol. The summed E-state index contributed by atoms with van der Waals surface area (Å²) in [5.41, 5.74) is 1.79. The molecule has 0 fully saturated rings. The Morgan fingerprint density at radius 1 is 1.07 bits per heavy atom. The summed E-state index contributed by atoms with van der Waals surface area (Å²) in [7, 11) is 0. The van der Waals surface area contributed by atoms with Gasteiger partial charge in [0.2, 0.25) is 5.91 Å². The zero-order valence-electron chi connectivity index (χ0n) is 16.0. The highest BCUT2D eigenvalue weighted by molar-refractivity contribution is 6.34. The Hall–Kier alpha value is -2.73. The lowest BCUT2D eigenvalue weighted by molar-refractivity contribution is -0.118. The van der Waals surface area contributed by atoms with Crippen LogP contribution in [0.3, 0.4) is 0 Å². The molecule has 0 saturated heterocycles. The number of rotatable bonds is 5. The van der Waals surface area contributed by atoms with Crippen LogP contribution in [0.1, 0.15) is 29.8 Å². The summed E-state index contributed by atoms with van der Waals surface area (Å²) in [6.07, 6.45) is 0. The van der Waals surface area contributed by atoms with E-state index in [1.54, 1.807) is 24.3 Å². The first-order valence-corrected chi connectivity index (χ1v) is 9.51. The number of benzene rings is 2. The highest BCUT2D eigenvalue weighted by atomic mass is 35.5. The molecule has 0 radical (unpaired) electrons. The van der Waals surface area contributed by atoms with Crippen LogP contribution in [0.15, 0.2) is 36.4 Å². The SMILES string of the molecule is Cc1ccccc1C(=O)N[C@H](C(=O)Nc1cc2c(cc1Cl)OCCO2)C(C)C. The number of hydrogen-bond donors (Lipinski definition) is 2. The van der Waals surface area contributed by atoms with E-state index in [0.717, 1.165) is 5.56 Å². The molecule has 0 aromatic heterocycles. The van der Waals surface area contributed by atoms with E-state index < -0.39 is 6.04 Å². The van der Waals surface area contributed by atoms with Crippen molar-refractivity contribution in [3.05, 3.63) is 52.5 Å². The predicted molar refractivity (Wildman–Crippen MR) is 108 cm³/mol. The van der Waals surface area contributed by atoms with Crippen LogP contribution in [0.25, 0.3) is 0 Å². The number of hydrogen-bond acceptors (Lipinski definition) is 4. The van der Waals surface area contributed by atoms with E-state index in [0.29, 0.717) is 41.0 Å². The molecule has 2 amide bonds. The van der Waals surface area contributed by atoms with Crippen LogP contribution in [-0.4, -0.2) is 31.1 Å². The van der Waals surface area contributed by atoms with Crippen molar-refractivity contribution in [1.82, 2.24) is 5.32 Å². The Morgan fingerprint density at radius 3 is 2.36 bits per heavy atom. The molecule has 1 aliphatic rings. The minimum Gasteiger partial charge on any atom is -0.486 e. The van der Waals surface area contributed by atoms with Gasteiger partial charge in [-0.25, -0.2) is 0 Å². The summed E-state index contributed by atoms with van der Waals surface area (Å²) in [5, 5.41) is 5.96. The second-order valence-corrected chi connectivity index (χ2v) is 7.38. The molecule has 0 unspecified atom stereocenters. The van der Waals surface area contributed by atoms with E-state index >= 15 is 0 Å². The zero-order chi connectivity index (χ0) is 20.3. The van der Waals surface area contributed by atoms with E-state index in [1.807, 2.05) is 32.9 Å². The number of ether oxygens (including phenoxy) is 2. The normalized spacial score (nSPS) is 13.8. The lowest BCUT2D eigenvalue weighted by Crippen LogP contribution is -2.47. The maximum Gasteiger partial charge on any atom is 0.252 e. The molecule has 0 spiro atoms. The Morgan fingerprint density at radius 2 is 1.71 bits per heavy atom. The van der Waals surface area contributed by atoms with E-state index in [-0.39, 0.29) is 17.7 Å². The Kier molecular flexibility index (Phi) is 6.09. The highest BCUT2D eigenvalue weighted by Crippen LogP contribution is 2.38. The third kappa shape index (κ3) is 4.39. The molecule has 0 saturated carbocycles. The number of amides is 2. The second-order valence-electron chi connectivity index (χ2n) is 6.98. The molecule has 3 rings (SSSR count). The fourth-order valence-electron chi connectivity index (χ4n) is 2.95. The molecule has 2 aromatic carbocycles. The summed E-state index contributed by atoms with van der Waals surface area (Å²) in [5.74, 6) is 0.304. The van der Waals surface area contributed by atoms with Crippen LogP contribution in [0.4, 0.5) is 5.69 Å². The number of anilines is 1. The Bertz CT molecular complexity index is 898. The van der Waals surface area contributed by atoms with Gasteiger partial charge in [-0.1, -0.05) is 43.6 Å². The van der Waals surface area contributed by atoms with Crippen molar-refractivity contribution in [1.29, 1.82) is 0 Å². The van der Waals surface area contributed by atoms with Crippen LogP contribution >= 0.6 is 11.6 Å². The van der Waals surface area contributed by atoms with Gasteiger partial charge in [-0.2, -0.15) is 0 Å². The Balaban J connectivity index is 1.77. The fraction of sp³-hybridized carbons (Fsp3) is 0.333. The number of halogens is 1. The molecule has 6 nitrogen and oxygen atoms in total. The molecule has 2 aromatic rings. The van der Waals surface area contributed by atoms with Gasteiger partial charge in [0.1, 0.15) is 19.3 Å². The smallest absolute Gasteiger partial charge is 0.252 e.